The van der Waals surface area contributed by atoms with Crippen LogP contribution in [0.2, 0.25) is 0 Å². The van der Waals surface area contributed by atoms with E-state index in [2.05, 4.69) is 44.2 Å². The van der Waals surface area contributed by atoms with E-state index < -0.39 is 0 Å². The molecule has 2 heterocycles. The monoisotopic (exact) mass is 204 g/mol. The number of nitrogens with zero attached hydrogens (tertiary/aromatic N) is 2. The molecule has 0 aromatic carbocycles. The SMILES string of the molecule is CC.CC(C)(C)c1ccc2ccnn2c1. The second-order valence-electron chi connectivity index (χ2n) is 4.37. The van der Waals surface area contributed by atoms with E-state index in [1.165, 1.54) is 5.56 Å². The molecule has 0 unspecified atom stereocenters. The lowest BCUT2D eigenvalue weighted by Gasteiger charge is -2.18. The van der Waals surface area contributed by atoms with Gasteiger partial charge in [0.25, 0.3) is 0 Å². The molecule has 0 aliphatic heterocycles. The molecule has 2 rings (SSSR count). The number of hydrogen-bond acceptors (Lipinski definition) is 1. The van der Waals surface area contributed by atoms with E-state index in [4.69, 9.17) is 0 Å². The van der Waals surface area contributed by atoms with Crippen LogP contribution >= 0.6 is 0 Å². The maximum atomic E-state index is 4.21. The fourth-order valence-corrected chi connectivity index (χ4v) is 1.36. The highest BCUT2D eigenvalue weighted by Crippen LogP contribution is 2.21. The third kappa shape index (κ3) is 2.58. The van der Waals surface area contributed by atoms with Crippen molar-refractivity contribution in [2.45, 2.75) is 40.0 Å². The molecule has 15 heavy (non-hydrogen) atoms. The van der Waals surface area contributed by atoms with Gasteiger partial charge in [-0.25, -0.2) is 4.52 Å². The lowest BCUT2D eigenvalue weighted by molar-refractivity contribution is 0.584. The van der Waals surface area contributed by atoms with Gasteiger partial charge < -0.3 is 0 Å². The van der Waals surface area contributed by atoms with E-state index in [0.29, 0.717) is 0 Å². The summed E-state index contributed by atoms with van der Waals surface area (Å²) < 4.78 is 1.92. The zero-order valence-corrected chi connectivity index (χ0v) is 10.3. The van der Waals surface area contributed by atoms with E-state index in [9.17, 15) is 0 Å². The van der Waals surface area contributed by atoms with Crippen molar-refractivity contribution >= 4 is 5.52 Å². The molecule has 82 valence electrons. The number of rotatable bonds is 0. The standard InChI is InChI=1S/C11H14N2.C2H6/c1-11(2,3)9-4-5-10-6-7-12-13(10)8-9;1-2/h4-8H,1-3H3;1-2H3. The Hall–Kier alpha value is -1.31. The topological polar surface area (TPSA) is 17.3 Å². The lowest BCUT2D eigenvalue weighted by atomic mass is 9.88. The minimum atomic E-state index is 0.195. The smallest absolute Gasteiger partial charge is 0.0661 e. The molecule has 0 fully saturated rings. The zero-order chi connectivity index (χ0) is 11.5. The van der Waals surface area contributed by atoms with Gasteiger partial charge in [0.05, 0.1) is 5.52 Å². The predicted molar refractivity (Wildman–Crippen MR) is 65.2 cm³/mol. The van der Waals surface area contributed by atoms with Crippen LogP contribution < -0.4 is 0 Å². The highest BCUT2D eigenvalue weighted by Gasteiger charge is 2.13. The Morgan fingerprint density at radius 2 is 1.73 bits per heavy atom. The summed E-state index contributed by atoms with van der Waals surface area (Å²) in [5.74, 6) is 0. The molecule has 2 aromatic rings. The van der Waals surface area contributed by atoms with Gasteiger partial charge in [-0.1, -0.05) is 40.7 Å². The van der Waals surface area contributed by atoms with Crippen LogP contribution in [0.3, 0.4) is 0 Å². The van der Waals surface area contributed by atoms with Gasteiger partial charge in [-0.15, -0.1) is 0 Å². The van der Waals surface area contributed by atoms with Crippen LogP contribution in [0.15, 0.2) is 30.6 Å². The first-order valence-corrected chi connectivity index (χ1v) is 5.51. The second-order valence-corrected chi connectivity index (χ2v) is 4.37. The Labute approximate surface area is 91.9 Å². The van der Waals surface area contributed by atoms with E-state index >= 15 is 0 Å². The minimum Gasteiger partial charge on any atom is -0.241 e. The highest BCUT2D eigenvalue weighted by atomic mass is 15.2. The number of fused-ring (bicyclic) bond motifs is 1. The van der Waals surface area contributed by atoms with Crippen molar-refractivity contribution in [3.63, 3.8) is 0 Å². The summed E-state index contributed by atoms with van der Waals surface area (Å²) in [6, 6.07) is 6.27. The fourth-order valence-electron chi connectivity index (χ4n) is 1.36. The molecule has 0 bridgehead atoms. The van der Waals surface area contributed by atoms with Crippen LogP contribution in [0.4, 0.5) is 0 Å². The Morgan fingerprint density at radius 3 is 2.33 bits per heavy atom. The van der Waals surface area contributed by atoms with Gasteiger partial charge in [0.2, 0.25) is 0 Å². The molecule has 0 aliphatic rings. The van der Waals surface area contributed by atoms with Crippen molar-refractivity contribution in [1.29, 1.82) is 0 Å². The summed E-state index contributed by atoms with van der Waals surface area (Å²) in [7, 11) is 0. The number of hydrogen-bond donors (Lipinski definition) is 0. The molecule has 2 nitrogen and oxygen atoms in total. The molecule has 0 aliphatic carbocycles. The summed E-state index contributed by atoms with van der Waals surface area (Å²) >= 11 is 0. The van der Waals surface area contributed by atoms with E-state index in [1.807, 2.05) is 30.6 Å². The second kappa shape index (κ2) is 4.47. The van der Waals surface area contributed by atoms with Gasteiger partial charge in [-0.3, -0.25) is 0 Å². The van der Waals surface area contributed by atoms with Crippen molar-refractivity contribution in [3.8, 4) is 0 Å². The average Bonchev–Trinajstić information content (AvgIpc) is 2.66. The summed E-state index contributed by atoms with van der Waals surface area (Å²) in [5.41, 5.74) is 2.65. The maximum absolute atomic E-state index is 4.21. The zero-order valence-electron chi connectivity index (χ0n) is 10.3. The third-order valence-electron chi connectivity index (χ3n) is 2.26. The average molecular weight is 204 g/mol. The van der Waals surface area contributed by atoms with Crippen molar-refractivity contribution in [1.82, 2.24) is 9.61 Å². The van der Waals surface area contributed by atoms with Gasteiger partial charge in [-0.05, 0) is 23.1 Å². The number of pyridine rings is 1. The minimum absolute atomic E-state index is 0.195. The van der Waals surface area contributed by atoms with Crippen molar-refractivity contribution in [3.05, 3.63) is 36.2 Å². The maximum Gasteiger partial charge on any atom is 0.0661 e. The molecule has 0 radical (unpaired) electrons. The Morgan fingerprint density at radius 1 is 1.07 bits per heavy atom. The predicted octanol–water partition coefficient (Wildman–Crippen LogP) is 3.66. The molecule has 0 saturated heterocycles. The van der Waals surface area contributed by atoms with Crippen LogP contribution in [0.1, 0.15) is 40.2 Å². The summed E-state index contributed by atoms with van der Waals surface area (Å²) in [4.78, 5) is 0. The molecule has 0 atom stereocenters. The molecule has 0 spiro atoms. The number of aromatic nitrogens is 2. The first-order valence-electron chi connectivity index (χ1n) is 5.51. The highest BCUT2D eigenvalue weighted by molar-refractivity contribution is 5.46. The van der Waals surface area contributed by atoms with Crippen LogP contribution in [0, 0.1) is 0 Å². The first-order chi connectivity index (χ1) is 7.07. The van der Waals surface area contributed by atoms with Gasteiger partial charge in [0.15, 0.2) is 0 Å². The van der Waals surface area contributed by atoms with Crippen molar-refractivity contribution < 1.29 is 0 Å². The molecule has 2 heteroatoms. The largest absolute Gasteiger partial charge is 0.241 e. The Kier molecular flexibility index (Phi) is 3.51. The summed E-state index contributed by atoms with van der Waals surface area (Å²) in [5, 5.41) is 4.21. The summed E-state index contributed by atoms with van der Waals surface area (Å²) in [6.07, 6.45) is 3.91. The molecular formula is C13H20N2. The normalized spacial score (nSPS) is 11.0. The quantitative estimate of drug-likeness (QED) is 0.640. The third-order valence-corrected chi connectivity index (χ3v) is 2.26. The van der Waals surface area contributed by atoms with E-state index in [0.717, 1.165) is 5.52 Å². The Bertz CT molecular complexity index is 421. The Balaban J connectivity index is 0.000000531. The summed E-state index contributed by atoms with van der Waals surface area (Å²) in [6.45, 7) is 10.6. The van der Waals surface area contributed by atoms with Crippen LogP contribution in [0.5, 0.6) is 0 Å². The van der Waals surface area contributed by atoms with Crippen molar-refractivity contribution in [2.75, 3.05) is 0 Å². The lowest BCUT2D eigenvalue weighted by Crippen LogP contribution is -2.11. The van der Waals surface area contributed by atoms with Crippen LogP contribution in [-0.4, -0.2) is 9.61 Å². The fraction of sp³-hybridized carbons (Fsp3) is 0.462. The van der Waals surface area contributed by atoms with Crippen LogP contribution in [0.25, 0.3) is 5.52 Å². The van der Waals surface area contributed by atoms with E-state index in [1.54, 1.807) is 0 Å². The molecular weight excluding hydrogens is 184 g/mol. The van der Waals surface area contributed by atoms with Crippen molar-refractivity contribution in [2.24, 2.45) is 0 Å². The van der Waals surface area contributed by atoms with Crippen LogP contribution in [-0.2, 0) is 5.41 Å². The van der Waals surface area contributed by atoms with Gasteiger partial charge in [-0.2, -0.15) is 5.10 Å². The molecule has 0 N–H and O–H groups in total. The van der Waals surface area contributed by atoms with Gasteiger partial charge in [0.1, 0.15) is 0 Å². The van der Waals surface area contributed by atoms with Gasteiger partial charge >= 0.3 is 0 Å². The molecule has 0 saturated carbocycles. The first kappa shape index (κ1) is 11.8. The molecule has 2 aromatic heterocycles. The van der Waals surface area contributed by atoms with E-state index in [-0.39, 0.29) is 5.41 Å². The molecule has 0 amide bonds. The van der Waals surface area contributed by atoms with Gasteiger partial charge in [0, 0.05) is 12.4 Å².